The predicted molar refractivity (Wildman–Crippen MR) is 59.2 cm³/mol. The largest absolute Gasteiger partial charge is 0.352 e. The van der Waals surface area contributed by atoms with Gasteiger partial charge in [0, 0.05) is 12.7 Å². The molecule has 0 aliphatic rings. The maximum absolute atomic E-state index is 13.6. The van der Waals surface area contributed by atoms with Crippen LogP contribution in [0.2, 0.25) is 0 Å². The zero-order valence-electron chi connectivity index (χ0n) is 9.09. The van der Waals surface area contributed by atoms with Crippen molar-refractivity contribution >= 4 is 11.7 Å². The van der Waals surface area contributed by atoms with Crippen LogP contribution in [-0.2, 0) is 0 Å². The van der Waals surface area contributed by atoms with Gasteiger partial charge in [0.15, 0.2) is 11.6 Å². The van der Waals surface area contributed by atoms with E-state index in [9.17, 15) is 9.18 Å². The quantitative estimate of drug-likeness (QED) is 0.398. The SMILES string of the molecule is CCCCNC(=O)c1ccnc(NN)c1F. The second-order valence-electron chi connectivity index (χ2n) is 3.27. The van der Waals surface area contributed by atoms with Gasteiger partial charge in [-0.05, 0) is 12.5 Å². The van der Waals surface area contributed by atoms with E-state index in [2.05, 4.69) is 15.7 Å². The number of nitrogen functional groups attached to an aromatic ring is 1. The number of amides is 1. The minimum absolute atomic E-state index is 0.0564. The fourth-order valence-corrected chi connectivity index (χ4v) is 1.19. The van der Waals surface area contributed by atoms with Crippen LogP contribution in [0.1, 0.15) is 30.1 Å². The normalized spacial score (nSPS) is 9.94. The van der Waals surface area contributed by atoms with E-state index < -0.39 is 11.7 Å². The van der Waals surface area contributed by atoms with Gasteiger partial charge in [-0.1, -0.05) is 13.3 Å². The van der Waals surface area contributed by atoms with Gasteiger partial charge in [0.2, 0.25) is 0 Å². The van der Waals surface area contributed by atoms with E-state index in [0.29, 0.717) is 6.54 Å². The number of carbonyl (C=O) groups is 1. The Bertz CT molecular complexity index is 370. The van der Waals surface area contributed by atoms with Crippen LogP contribution in [-0.4, -0.2) is 17.4 Å². The lowest BCUT2D eigenvalue weighted by Gasteiger charge is -2.07. The minimum Gasteiger partial charge on any atom is -0.352 e. The molecular formula is C10H15FN4O. The zero-order valence-corrected chi connectivity index (χ0v) is 9.09. The van der Waals surface area contributed by atoms with Crippen molar-refractivity contribution in [2.45, 2.75) is 19.8 Å². The van der Waals surface area contributed by atoms with Crippen LogP contribution < -0.4 is 16.6 Å². The van der Waals surface area contributed by atoms with E-state index in [4.69, 9.17) is 5.84 Å². The van der Waals surface area contributed by atoms with Crippen LogP contribution in [0.5, 0.6) is 0 Å². The van der Waals surface area contributed by atoms with E-state index in [0.717, 1.165) is 12.8 Å². The summed E-state index contributed by atoms with van der Waals surface area (Å²) in [5, 5.41) is 2.62. The minimum atomic E-state index is -0.737. The van der Waals surface area contributed by atoms with Crippen molar-refractivity contribution in [3.8, 4) is 0 Å². The monoisotopic (exact) mass is 226 g/mol. The van der Waals surface area contributed by atoms with Crippen LogP contribution in [0.3, 0.4) is 0 Å². The molecule has 0 spiro atoms. The molecule has 1 rings (SSSR count). The van der Waals surface area contributed by atoms with Crippen molar-refractivity contribution in [3.63, 3.8) is 0 Å². The summed E-state index contributed by atoms with van der Waals surface area (Å²) >= 11 is 0. The Kier molecular flexibility index (Phi) is 4.65. The van der Waals surface area contributed by atoms with Gasteiger partial charge >= 0.3 is 0 Å². The van der Waals surface area contributed by atoms with Crippen LogP contribution in [0, 0.1) is 5.82 Å². The second-order valence-corrected chi connectivity index (χ2v) is 3.27. The second kappa shape index (κ2) is 6.02. The molecule has 16 heavy (non-hydrogen) atoms. The summed E-state index contributed by atoms with van der Waals surface area (Å²) in [4.78, 5) is 15.2. The number of hydrazine groups is 1. The van der Waals surface area contributed by atoms with E-state index in [1.165, 1.54) is 12.3 Å². The van der Waals surface area contributed by atoms with Crippen molar-refractivity contribution in [1.29, 1.82) is 0 Å². The molecule has 0 saturated heterocycles. The number of hydrogen-bond acceptors (Lipinski definition) is 4. The van der Waals surface area contributed by atoms with Gasteiger partial charge < -0.3 is 10.7 Å². The van der Waals surface area contributed by atoms with Gasteiger partial charge in [-0.2, -0.15) is 0 Å². The van der Waals surface area contributed by atoms with E-state index in [1.54, 1.807) is 0 Å². The summed E-state index contributed by atoms with van der Waals surface area (Å²) in [6.45, 7) is 2.54. The molecule has 6 heteroatoms. The molecule has 1 aromatic heterocycles. The summed E-state index contributed by atoms with van der Waals surface area (Å²) in [6, 6.07) is 1.32. The average Bonchev–Trinajstić information content (AvgIpc) is 2.29. The molecule has 0 saturated carbocycles. The number of pyridine rings is 1. The first-order valence-corrected chi connectivity index (χ1v) is 5.10. The highest BCUT2D eigenvalue weighted by atomic mass is 19.1. The number of carbonyl (C=O) groups excluding carboxylic acids is 1. The Hall–Kier alpha value is -1.69. The summed E-state index contributed by atoms with van der Waals surface area (Å²) in [5.74, 6) is 3.73. The first-order chi connectivity index (χ1) is 7.70. The molecule has 5 nitrogen and oxygen atoms in total. The fraction of sp³-hybridized carbons (Fsp3) is 0.400. The third kappa shape index (κ3) is 2.90. The maximum Gasteiger partial charge on any atom is 0.254 e. The molecule has 1 amide bonds. The number of hydrogen-bond donors (Lipinski definition) is 3. The molecule has 0 bridgehead atoms. The Morgan fingerprint density at radius 3 is 3.00 bits per heavy atom. The van der Waals surface area contributed by atoms with Crippen LogP contribution in [0.4, 0.5) is 10.2 Å². The Morgan fingerprint density at radius 1 is 1.62 bits per heavy atom. The third-order valence-corrected chi connectivity index (χ3v) is 2.09. The highest BCUT2D eigenvalue weighted by Crippen LogP contribution is 2.13. The zero-order chi connectivity index (χ0) is 12.0. The average molecular weight is 226 g/mol. The number of nitrogens with two attached hydrogens (primary N) is 1. The van der Waals surface area contributed by atoms with Gasteiger partial charge in [-0.25, -0.2) is 15.2 Å². The maximum atomic E-state index is 13.6. The van der Waals surface area contributed by atoms with Crippen molar-refractivity contribution in [2.75, 3.05) is 12.0 Å². The predicted octanol–water partition coefficient (Wildman–Crippen LogP) is 1.04. The molecule has 0 unspecified atom stereocenters. The summed E-state index contributed by atoms with van der Waals surface area (Å²) in [6.07, 6.45) is 3.15. The Balaban J connectivity index is 2.75. The highest BCUT2D eigenvalue weighted by molar-refractivity contribution is 5.95. The molecule has 1 heterocycles. The van der Waals surface area contributed by atoms with Crippen LogP contribution in [0.25, 0.3) is 0 Å². The van der Waals surface area contributed by atoms with Gasteiger partial charge in [0.05, 0.1) is 5.56 Å². The number of rotatable bonds is 5. The molecule has 0 atom stereocenters. The van der Waals surface area contributed by atoms with Crippen molar-refractivity contribution in [2.24, 2.45) is 5.84 Å². The Morgan fingerprint density at radius 2 is 2.38 bits per heavy atom. The number of aromatic nitrogens is 1. The van der Waals surface area contributed by atoms with E-state index >= 15 is 0 Å². The first kappa shape index (κ1) is 12.4. The Labute approximate surface area is 93.2 Å². The van der Waals surface area contributed by atoms with Gasteiger partial charge in [-0.15, -0.1) is 0 Å². The van der Waals surface area contributed by atoms with E-state index in [-0.39, 0.29) is 11.4 Å². The van der Waals surface area contributed by atoms with Gasteiger partial charge in [0.25, 0.3) is 5.91 Å². The van der Waals surface area contributed by atoms with Crippen LogP contribution in [0.15, 0.2) is 12.3 Å². The molecule has 0 aliphatic heterocycles. The topological polar surface area (TPSA) is 80.0 Å². The summed E-state index contributed by atoms with van der Waals surface area (Å²) < 4.78 is 13.6. The smallest absolute Gasteiger partial charge is 0.254 e. The molecule has 0 aliphatic carbocycles. The number of halogens is 1. The van der Waals surface area contributed by atoms with Crippen molar-refractivity contribution in [3.05, 3.63) is 23.6 Å². The lowest BCUT2D eigenvalue weighted by molar-refractivity contribution is 0.0949. The van der Waals surface area contributed by atoms with Gasteiger partial charge in [-0.3, -0.25) is 4.79 Å². The fourth-order valence-electron chi connectivity index (χ4n) is 1.19. The highest BCUT2D eigenvalue weighted by Gasteiger charge is 2.14. The van der Waals surface area contributed by atoms with E-state index in [1.807, 2.05) is 6.92 Å². The number of anilines is 1. The first-order valence-electron chi connectivity index (χ1n) is 5.10. The third-order valence-electron chi connectivity index (χ3n) is 2.09. The standard InChI is InChI=1S/C10H15FN4O/c1-2-3-5-14-10(16)7-4-6-13-9(15-12)8(7)11/h4,6H,2-3,5,12H2,1H3,(H,13,15)(H,14,16). The van der Waals surface area contributed by atoms with Crippen LogP contribution >= 0.6 is 0 Å². The number of unbranched alkanes of at least 4 members (excludes halogenated alkanes) is 1. The molecule has 4 N–H and O–H groups in total. The molecule has 0 radical (unpaired) electrons. The number of nitrogens with one attached hydrogen (secondary N) is 2. The lowest BCUT2D eigenvalue weighted by atomic mass is 10.2. The van der Waals surface area contributed by atoms with Crippen molar-refractivity contribution in [1.82, 2.24) is 10.3 Å². The van der Waals surface area contributed by atoms with Crippen molar-refractivity contribution < 1.29 is 9.18 Å². The molecular weight excluding hydrogens is 211 g/mol. The molecule has 1 aromatic rings. The lowest BCUT2D eigenvalue weighted by Crippen LogP contribution is -2.26. The molecule has 88 valence electrons. The number of nitrogens with zero attached hydrogens (tertiary/aromatic N) is 1. The van der Waals surface area contributed by atoms with Gasteiger partial charge in [0.1, 0.15) is 0 Å². The summed E-state index contributed by atoms with van der Waals surface area (Å²) in [5.41, 5.74) is 2.04. The summed E-state index contributed by atoms with van der Waals surface area (Å²) in [7, 11) is 0. The molecule has 0 aromatic carbocycles. The molecule has 0 fully saturated rings.